The topological polar surface area (TPSA) is 38.7 Å². The van der Waals surface area contributed by atoms with E-state index in [1.54, 1.807) is 45.4 Å². The largest absolute Gasteiger partial charge is 0.493 e. The van der Waals surface area contributed by atoms with Crippen LogP contribution >= 0.6 is 0 Å². The first-order valence-electron chi connectivity index (χ1n) is 5.75. The van der Waals surface area contributed by atoms with Gasteiger partial charge in [0.05, 0.1) is 14.2 Å². The predicted molar refractivity (Wildman–Crippen MR) is 75.0 cm³/mol. The lowest BCUT2D eigenvalue weighted by Gasteiger charge is -2.06. The molecule has 0 fully saturated rings. The molecular weight excluding hydrogens is 240 g/mol. The zero-order valence-corrected chi connectivity index (χ0v) is 11.2. The molecule has 19 heavy (non-hydrogen) atoms. The normalized spacial score (nSPS) is 10.9. The highest BCUT2D eigenvalue weighted by Gasteiger charge is 2.02. The maximum Gasteiger partial charge on any atom is 0.161 e. The summed E-state index contributed by atoms with van der Waals surface area (Å²) in [5.41, 5.74) is 0.825. The number of methoxy groups -OCH3 is 2. The number of aliphatic hydroxyl groups is 1. The monoisotopic (exact) mass is 256 g/mol. The number of allylic oxidation sites excluding steroid dienone is 2. The fourth-order valence-electron chi connectivity index (χ4n) is 1.29. The van der Waals surface area contributed by atoms with Crippen LogP contribution in [0.15, 0.2) is 30.4 Å². The lowest BCUT2D eigenvalue weighted by Crippen LogP contribution is -1.91. The van der Waals surface area contributed by atoms with Crippen LogP contribution in [0.25, 0.3) is 0 Å². The Balaban J connectivity index is 2.77. The zero-order chi connectivity index (χ0) is 14.1. The maximum atomic E-state index is 8.92. The summed E-state index contributed by atoms with van der Waals surface area (Å²) < 4.78 is 10.3. The fraction of sp³-hybridized carbons (Fsp3) is 0.250. The van der Waals surface area contributed by atoms with Gasteiger partial charge in [-0.05, 0) is 37.3 Å². The molecule has 0 saturated carbocycles. The molecule has 0 radical (unpaired) electrons. The van der Waals surface area contributed by atoms with Gasteiger partial charge < -0.3 is 14.6 Å². The molecule has 1 rings (SSSR count). The second-order valence-corrected chi connectivity index (χ2v) is 3.64. The Morgan fingerprint density at radius 2 is 1.79 bits per heavy atom. The van der Waals surface area contributed by atoms with Crippen molar-refractivity contribution >= 4 is 0 Å². The summed E-state index contributed by atoms with van der Waals surface area (Å²) in [6, 6.07) is 5.46. The molecule has 0 aliphatic heterocycles. The van der Waals surface area contributed by atoms with Crippen molar-refractivity contribution in [2.24, 2.45) is 0 Å². The minimum Gasteiger partial charge on any atom is -0.493 e. The van der Waals surface area contributed by atoms with E-state index in [1.165, 1.54) is 0 Å². The summed E-state index contributed by atoms with van der Waals surface area (Å²) in [5, 5.41) is 8.92. The average Bonchev–Trinajstić information content (AvgIpc) is 2.42. The van der Waals surface area contributed by atoms with Crippen LogP contribution in [0.5, 0.6) is 11.5 Å². The van der Waals surface area contributed by atoms with Crippen LogP contribution in [-0.4, -0.2) is 25.4 Å². The SMILES string of the molecule is COc1ccc(C#C/C=C/C#C[C@H](C)O)cc1OC. The van der Waals surface area contributed by atoms with E-state index >= 15 is 0 Å². The Hall–Kier alpha value is -2.36. The average molecular weight is 256 g/mol. The lowest BCUT2D eigenvalue weighted by atomic mass is 10.2. The van der Waals surface area contributed by atoms with Gasteiger partial charge in [0.15, 0.2) is 11.5 Å². The Labute approximate surface area is 113 Å². The van der Waals surface area contributed by atoms with Crippen LogP contribution in [0.1, 0.15) is 12.5 Å². The van der Waals surface area contributed by atoms with E-state index in [2.05, 4.69) is 23.7 Å². The van der Waals surface area contributed by atoms with E-state index < -0.39 is 6.10 Å². The first kappa shape index (κ1) is 14.7. The molecule has 0 spiro atoms. The number of ether oxygens (including phenoxy) is 2. The van der Waals surface area contributed by atoms with Crippen molar-refractivity contribution < 1.29 is 14.6 Å². The van der Waals surface area contributed by atoms with Gasteiger partial charge in [0.2, 0.25) is 0 Å². The summed E-state index contributed by atoms with van der Waals surface area (Å²) >= 11 is 0. The lowest BCUT2D eigenvalue weighted by molar-refractivity contribution is 0.253. The standard InChI is InChI=1S/C16H16O3/c1-13(17)8-6-4-5-7-9-14-10-11-15(18-2)16(12-14)19-3/h4-5,10-13,17H,1-3H3/b5-4+/t13-/m0/s1. The van der Waals surface area contributed by atoms with Crippen molar-refractivity contribution in [2.75, 3.05) is 14.2 Å². The summed E-state index contributed by atoms with van der Waals surface area (Å²) in [7, 11) is 3.17. The van der Waals surface area contributed by atoms with Crippen molar-refractivity contribution in [3.8, 4) is 35.2 Å². The van der Waals surface area contributed by atoms with Crippen molar-refractivity contribution in [3.63, 3.8) is 0 Å². The van der Waals surface area contributed by atoms with Gasteiger partial charge >= 0.3 is 0 Å². The van der Waals surface area contributed by atoms with Crippen LogP contribution in [0.2, 0.25) is 0 Å². The number of aliphatic hydroxyl groups excluding tert-OH is 1. The minimum atomic E-state index is -0.622. The van der Waals surface area contributed by atoms with Gasteiger partial charge in [-0.2, -0.15) is 0 Å². The summed E-state index contributed by atoms with van der Waals surface area (Å²) in [5.74, 6) is 12.4. The molecule has 0 saturated heterocycles. The third-order valence-electron chi connectivity index (χ3n) is 2.14. The Morgan fingerprint density at radius 3 is 2.42 bits per heavy atom. The Kier molecular flexibility index (Phi) is 6.09. The first-order valence-corrected chi connectivity index (χ1v) is 5.75. The van der Waals surface area contributed by atoms with Gasteiger partial charge in [0, 0.05) is 5.56 Å². The molecule has 0 unspecified atom stereocenters. The molecular formula is C16H16O3. The molecule has 3 nitrogen and oxygen atoms in total. The third kappa shape index (κ3) is 5.21. The second-order valence-electron chi connectivity index (χ2n) is 3.64. The Bertz CT molecular complexity index is 563. The van der Waals surface area contributed by atoms with Crippen molar-refractivity contribution in [2.45, 2.75) is 13.0 Å². The minimum absolute atomic E-state index is 0.622. The molecule has 0 heterocycles. The van der Waals surface area contributed by atoms with E-state index in [-0.39, 0.29) is 0 Å². The summed E-state index contributed by atoms with van der Waals surface area (Å²) in [4.78, 5) is 0. The van der Waals surface area contributed by atoms with Gasteiger partial charge in [0.25, 0.3) is 0 Å². The van der Waals surface area contributed by atoms with Gasteiger partial charge in [-0.25, -0.2) is 0 Å². The summed E-state index contributed by atoms with van der Waals surface area (Å²) in [6.45, 7) is 1.61. The summed E-state index contributed by atoms with van der Waals surface area (Å²) in [6.07, 6.45) is 2.61. The van der Waals surface area contributed by atoms with E-state index in [9.17, 15) is 0 Å². The van der Waals surface area contributed by atoms with Gasteiger partial charge in [-0.15, -0.1) is 0 Å². The molecule has 1 aromatic carbocycles. The van der Waals surface area contributed by atoms with Gasteiger partial charge in [-0.3, -0.25) is 0 Å². The smallest absolute Gasteiger partial charge is 0.161 e. The van der Waals surface area contributed by atoms with Crippen molar-refractivity contribution in [3.05, 3.63) is 35.9 Å². The first-order chi connectivity index (χ1) is 9.17. The molecule has 1 aromatic rings. The molecule has 98 valence electrons. The molecule has 0 aliphatic rings. The van der Waals surface area contributed by atoms with E-state index in [4.69, 9.17) is 14.6 Å². The zero-order valence-electron chi connectivity index (χ0n) is 11.2. The van der Waals surface area contributed by atoms with E-state index in [1.807, 2.05) is 6.07 Å². The quantitative estimate of drug-likeness (QED) is 0.822. The van der Waals surface area contributed by atoms with E-state index in [0.29, 0.717) is 11.5 Å². The van der Waals surface area contributed by atoms with Crippen LogP contribution in [-0.2, 0) is 0 Å². The van der Waals surface area contributed by atoms with Crippen LogP contribution < -0.4 is 9.47 Å². The molecule has 0 aromatic heterocycles. The number of rotatable bonds is 2. The Morgan fingerprint density at radius 1 is 1.11 bits per heavy atom. The number of hydrogen-bond donors (Lipinski definition) is 1. The van der Waals surface area contributed by atoms with Crippen LogP contribution in [0.4, 0.5) is 0 Å². The predicted octanol–water partition coefficient (Wildman–Crippen LogP) is 2.00. The number of hydrogen-bond acceptors (Lipinski definition) is 3. The van der Waals surface area contributed by atoms with Gasteiger partial charge in [-0.1, -0.05) is 23.7 Å². The molecule has 0 amide bonds. The second kappa shape index (κ2) is 7.87. The molecule has 0 bridgehead atoms. The van der Waals surface area contributed by atoms with E-state index in [0.717, 1.165) is 5.56 Å². The maximum absolute atomic E-state index is 8.92. The molecule has 0 aliphatic carbocycles. The van der Waals surface area contributed by atoms with Crippen molar-refractivity contribution in [1.82, 2.24) is 0 Å². The molecule has 1 atom stereocenters. The van der Waals surface area contributed by atoms with Gasteiger partial charge in [0.1, 0.15) is 6.10 Å². The van der Waals surface area contributed by atoms with Crippen LogP contribution in [0, 0.1) is 23.7 Å². The van der Waals surface area contributed by atoms with Crippen molar-refractivity contribution in [1.29, 1.82) is 0 Å². The molecule has 1 N–H and O–H groups in total. The third-order valence-corrected chi connectivity index (χ3v) is 2.14. The highest BCUT2D eigenvalue weighted by Crippen LogP contribution is 2.26. The highest BCUT2D eigenvalue weighted by molar-refractivity contribution is 5.49. The fourth-order valence-corrected chi connectivity index (χ4v) is 1.29. The highest BCUT2D eigenvalue weighted by atomic mass is 16.5. The van der Waals surface area contributed by atoms with Crippen LogP contribution in [0.3, 0.4) is 0 Å². The number of benzene rings is 1. The molecule has 3 heteroatoms.